The first-order valence-corrected chi connectivity index (χ1v) is 7.41. The van der Waals surface area contributed by atoms with Crippen molar-refractivity contribution in [3.05, 3.63) is 35.6 Å². The van der Waals surface area contributed by atoms with Crippen LogP contribution in [0.5, 0.6) is 0 Å². The van der Waals surface area contributed by atoms with Crippen molar-refractivity contribution in [2.24, 2.45) is 0 Å². The molecule has 2 rings (SSSR count). The van der Waals surface area contributed by atoms with E-state index in [2.05, 4.69) is 5.32 Å². The van der Waals surface area contributed by atoms with Gasteiger partial charge in [-0.1, -0.05) is 12.1 Å². The summed E-state index contributed by atoms with van der Waals surface area (Å²) in [4.78, 5) is 13.8. The largest absolute Gasteiger partial charge is 0.368 e. The average Bonchev–Trinajstić information content (AvgIpc) is 2.53. The van der Waals surface area contributed by atoms with Crippen molar-refractivity contribution in [1.29, 1.82) is 0 Å². The Morgan fingerprint density at radius 1 is 1.38 bits per heavy atom. The first-order chi connectivity index (χ1) is 10.1. The van der Waals surface area contributed by atoms with Crippen LogP contribution >= 0.6 is 0 Å². The van der Waals surface area contributed by atoms with Crippen molar-refractivity contribution in [1.82, 2.24) is 10.2 Å². The van der Waals surface area contributed by atoms with Gasteiger partial charge in [0.2, 0.25) is 5.91 Å². The molecule has 0 bridgehead atoms. The zero-order chi connectivity index (χ0) is 15.2. The minimum Gasteiger partial charge on any atom is -0.368 e. The predicted octanol–water partition coefficient (Wildman–Crippen LogP) is 2.11. The number of piperidine rings is 1. The van der Waals surface area contributed by atoms with Gasteiger partial charge in [-0.05, 0) is 50.6 Å². The van der Waals surface area contributed by atoms with Crippen molar-refractivity contribution in [3.8, 4) is 0 Å². The Kier molecular flexibility index (Phi) is 5.70. The summed E-state index contributed by atoms with van der Waals surface area (Å²) in [5.74, 6) is -0.320. The number of amides is 1. The molecule has 21 heavy (non-hydrogen) atoms. The number of ether oxygens (including phenoxy) is 1. The number of nitrogens with one attached hydrogen (secondary N) is 1. The standard InChI is InChI=1S/C16H23FN2O2/c1-12(13-3-5-14(17)6-4-13)19(2)16(20)11-21-15-7-9-18-10-8-15/h3-6,12,15,18H,7-11H2,1-2H3. The maximum Gasteiger partial charge on any atom is 0.248 e. The van der Waals surface area contributed by atoms with Crippen molar-refractivity contribution < 1.29 is 13.9 Å². The summed E-state index contributed by atoms with van der Waals surface area (Å²) in [6, 6.07) is 6.13. The van der Waals surface area contributed by atoms with Gasteiger partial charge in [0.1, 0.15) is 12.4 Å². The minimum atomic E-state index is -0.269. The van der Waals surface area contributed by atoms with E-state index >= 15 is 0 Å². The number of rotatable bonds is 5. The Hall–Kier alpha value is -1.46. The Morgan fingerprint density at radius 3 is 2.62 bits per heavy atom. The van der Waals surface area contributed by atoms with Crippen LogP contribution in [0, 0.1) is 5.82 Å². The molecule has 116 valence electrons. The molecule has 0 aromatic heterocycles. The lowest BCUT2D eigenvalue weighted by Crippen LogP contribution is -2.37. The van der Waals surface area contributed by atoms with Gasteiger partial charge in [-0.2, -0.15) is 0 Å². The van der Waals surface area contributed by atoms with Gasteiger partial charge in [-0.3, -0.25) is 4.79 Å². The Morgan fingerprint density at radius 2 is 2.00 bits per heavy atom. The fourth-order valence-electron chi connectivity index (χ4n) is 2.43. The van der Waals surface area contributed by atoms with E-state index in [0.717, 1.165) is 31.5 Å². The number of carbonyl (C=O) groups is 1. The Labute approximate surface area is 125 Å². The minimum absolute atomic E-state index is 0.0506. The average molecular weight is 294 g/mol. The molecule has 1 unspecified atom stereocenters. The Bertz CT molecular complexity index is 458. The summed E-state index contributed by atoms with van der Waals surface area (Å²) in [5, 5.41) is 3.26. The highest BCUT2D eigenvalue weighted by Gasteiger charge is 2.20. The summed E-state index contributed by atoms with van der Waals surface area (Å²) < 4.78 is 18.6. The van der Waals surface area contributed by atoms with Gasteiger partial charge in [0, 0.05) is 7.05 Å². The number of likely N-dealkylation sites (N-methyl/N-ethyl adjacent to an activating group) is 1. The van der Waals surface area contributed by atoms with E-state index in [9.17, 15) is 9.18 Å². The fourth-order valence-corrected chi connectivity index (χ4v) is 2.43. The zero-order valence-electron chi connectivity index (χ0n) is 12.6. The number of hydrogen-bond acceptors (Lipinski definition) is 3. The molecule has 0 spiro atoms. The maximum absolute atomic E-state index is 12.9. The number of halogens is 1. The highest BCUT2D eigenvalue weighted by molar-refractivity contribution is 5.77. The van der Waals surface area contributed by atoms with Crippen molar-refractivity contribution in [3.63, 3.8) is 0 Å². The van der Waals surface area contributed by atoms with Crippen LogP contribution in [0.4, 0.5) is 4.39 Å². The van der Waals surface area contributed by atoms with Gasteiger partial charge in [-0.25, -0.2) is 4.39 Å². The van der Waals surface area contributed by atoms with Crippen LogP contribution in [0.1, 0.15) is 31.4 Å². The molecule has 1 heterocycles. The molecule has 0 aliphatic carbocycles. The molecule has 4 nitrogen and oxygen atoms in total. The fraction of sp³-hybridized carbons (Fsp3) is 0.562. The number of carbonyl (C=O) groups excluding carboxylic acids is 1. The third-order valence-corrected chi connectivity index (χ3v) is 4.06. The summed E-state index contributed by atoms with van der Waals surface area (Å²) >= 11 is 0. The van der Waals surface area contributed by atoms with Crippen LogP contribution in [0.15, 0.2) is 24.3 Å². The second kappa shape index (κ2) is 7.52. The van der Waals surface area contributed by atoms with Crippen LogP contribution in [0.25, 0.3) is 0 Å². The summed E-state index contributed by atoms with van der Waals surface area (Å²) in [6.45, 7) is 3.92. The highest BCUT2D eigenvalue weighted by Crippen LogP contribution is 2.19. The lowest BCUT2D eigenvalue weighted by Gasteiger charge is -2.27. The van der Waals surface area contributed by atoms with Gasteiger partial charge in [0.25, 0.3) is 0 Å². The molecule has 1 fully saturated rings. The molecule has 5 heteroatoms. The number of nitrogens with zero attached hydrogens (tertiary/aromatic N) is 1. The van der Waals surface area contributed by atoms with E-state index in [0.29, 0.717) is 0 Å². The van der Waals surface area contributed by atoms with Crippen molar-refractivity contribution in [2.75, 3.05) is 26.7 Å². The SMILES string of the molecule is CC(c1ccc(F)cc1)N(C)C(=O)COC1CCNCC1. The third-order valence-electron chi connectivity index (χ3n) is 4.06. The van der Waals surface area contributed by atoms with E-state index in [1.54, 1.807) is 24.1 Å². The van der Waals surface area contributed by atoms with Gasteiger partial charge in [-0.15, -0.1) is 0 Å². The van der Waals surface area contributed by atoms with Crippen LogP contribution in [-0.2, 0) is 9.53 Å². The van der Waals surface area contributed by atoms with Crippen molar-refractivity contribution in [2.45, 2.75) is 31.9 Å². The first-order valence-electron chi connectivity index (χ1n) is 7.41. The van der Waals surface area contributed by atoms with Gasteiger partial charge >= 0.3 is 0 Å². The Balaban J connectivity index is 1.84. The molecule has 1 aliphatic heterocycles. The van der Waals surface area contributed by atoms with E-state index in [4.69, 9.17) is 4.74 Å². The lowest BCUT2D eigenvalue weighted by atomic mass is 10.1. The summed E-state index contributed by atoms with van der Waals surface area (Å²) in [7, 11) is 1.75. The van der Waals surface area contributed by atoms with Crippen LogP contribution in [0.2, 0.25) is 0 Å². The van der Waals surface area contributed by atoms with E-state index in [1.165, 1.54) is 12.1 Å². The summed E-state index contributed by atoms with van der Waals surface area (Å²) in [6.07, 6.45) is 2.07. The first kappa shape index (κ1) is 15.9. The van der Waals surface area contributed by atoms with Crippen LogP contribution in [-0.4, -0.2) is 43.7 Å². The van der Waals surface area contributed by atoms with E-state index < -0.39 is 0 Å². The second-order valence-electron chi connectivity index (χ2n) is 5.49. The molecule has 1 atom stereocenters. The number of benzene rings is 1. The zero-order valence-corrected chi connectivity index (χ0v) is 12.6. The molecular formula is C16H23FN2O2. The molecule has 1 aromatic carbocycles. The quantitative estimate of drug-likeness (QED) is 0.904. The van der Waals surface area contributed by atoms with Crippen LogP contribution in [0.3, 0.4) is 0 Å². The number of hydrogen-bond donors (Lipinski definition) is 1. The van der Waals surface area contributed by atoms with Gasteiger partial charge in [0.05, 0.1) is 12.1 Å². The lowest BCUT2D eigenvalue weighted by molar-refractivity contribution is -0.139. The molecule has 1 saturated heterocycles. The third kappa shape index (κ3) is 4.51. The topological polar surface area (TPSA) is 41.6 Å². The predicted molar refractivity (Wildman–Crippen MR) is 79.4 cm³/mol. The monoisotopic (exact) mass is 294 g/mol. The molecule has 0 radical (unpaired) electrons. The van der Waals surface area contributed by atoms with E-state index in [-0.39, 0.29) is 30.5 Å². The normalized spacial score (nSPS) is 17.5. The maximum atomic E-state index is 12.9. The summed E-state index contributed by atoms with van der Waals surface area (Å²) in [5.41, 5.74) is 0.911. The van der Waals surface area contributed by atoms with Gasteiger partial charge in [0.15, 0.2) is 0 Å². The molecule has 0 saturated carbocycles. The molecule has 1 N–H and O–H groups in total. The molecular weight excluding hydrogens is 271 g/mol. The molecule has 1 aliphatic rings. The smallest absolute Gasteiger partial charge is 0.248 e. The van der Waals surface area contributed by atoms with Gasteiger partial charge < -0.3 is 15.0 Å². The van der Waals surface area contributed by atoms with Crippen LogP contribution < -0.4 is 5.32 Å². The molecule has 1 aromatic rings. The second-order valence-corrected chi connectivity index (χ2v) is 5.49. The highest BCUT2D eigenvalue weighted by atomic mass is 19.1. The molecule has 1 amide bonds. The van der Waals surface area contributed by atoms with E-state index in [1.807, 2.05) is 6.92 Å². The van der Waals surface area contributed by atoms with Crippen molar-refractivity contribution >= 4 is 5.91 Å².